The highest BCUT2D eigenvalue weighted by atomic mass is 32.3. The monoisotopic (exact) mass is 220 g/mol. The van der Waals surface area contributed by atoms with Crippen molar-refractivity contribution in [2.75, 3.05) is 5.75 Å². The molecule has 7 heteroatoms. The average molecular weight is 220 g/mol. The van der Waals surface area contributed by atoms with E-state index in [0.29, 0.717) is 5.56 Å². The second kappa shape index (κ2) is 3.87. The Morgan fingerprint density at radius 3 is 2.71 bits per heavy atom. The van der Waals surface area contributed by atoms with Gasteiger partial charge in [-0.2, -0.15) is 13.5 Å². The highest BCUT2D eigenvalue weighted by Gasteiger charge is 2.08. The van der Waals surface area contributed by atoms with Gasteiger partial charge in [0.25, 0.3) is 0 Å². The largest absolute Gasteiger partial charge is 0.304 e. The topological polar surface area (TPSA) is 69.0 Å². The maximum Gasteiger partial charge on any atom is 0.304 e. The van der Waals surface area contributed by atoms with Crippen LogP contribution in [0.3, 0.4) is 0 Å². The van der Waals surface area contributed by atoms with E-state index < -0.39 is 16.0 Å². The third-order valence-corrected chi connectivity index (χ3v) is 2.27. The zero-order chi connectivity index (χ0) is 10.8. The Bertz CT molecular complexity index is 438. The lowest BCUT2D eigenvalue weighted by Gasteiger charge is -1.96. The number of carbonyl (C=O) groups is 1. The highest BCUT2D eigenvalue weighted by molar-refractivity contribution is 7.86. The fraction of sp³-hybridized carbons (Fsp3) is 0.429. The molecule has 1 aromatic heterocycles. The van der Waals surface area contributed by atoms with Crippen molar-refractivity contribution >= 4 is 16.0 Å². The average Bonchev–Trinajstić information content (AvgIpc) is 2.47. The van der Waals surface area contributed by atoms with Crippen LogP contribution in [0.2, 0.25) is 0 Å². The number of hydrogen-bond acceptors (Lipinski definition) is 4. The molecule has 0 aliphatic rings. The molecule has 14 heavy (non-hydrogen) atoms. The molecular weight excluding hydrogens is 211 g/mol. The molecule has 5 nitrogen and oxygen atoms in total. The van der Waals surface area contributed by atoms with E-state index in [9.17, 15) is 17.1 Å². The van der Waals surface area contributed by atoms with Crippen molar-refractivity contribution in [2.24, 2.45) is 0 Å². The molecule has 0 spiro atoms. The van der Waals surface area contributed by atoms with Crippen molar-refractivity contribution in [3.05, 3.63) is 18.0 Å². The fourth-order valence-electron chi connectivity index (χ4n) is 0.870. The third kappa shape index (κ3) is 3.25. The van der Waals surface area contributed by atoms with E-state index in [1.54, 1.807) is 0 Å². The Labute approximate surface area is 80.7 Å². The summed E-state index contributed by atoms with van der Waals surface area (Å²) in [5, 5.41) is 3.71. The number of Topliss-reactive ketones (excluding diaryl/α,β-unsaturated/α-hetero) is 1. The molecule has 78 valence electrons. The van der Waals surface area contributed by atoms with E-state index in [2.05, 4.69) is 5.10 Å². The predicted octanol–water partition coefficient (Wildman–Crippen LogP) is 0.385. The minimum absolute atomic E-state index is 0.0912. The molecule has 0 aromatic carbocycles. The molecule has 0 radical (unpaired) electrons. The van der Waals surface area contributed by atoms with Crippen LogP contribution in [0.1, 0.15) is 17.3 Å². The van der Waals surface area contributed by atoms with Gasteiger partial charge in [-0.05, 0) is 6.92 Å². The number of aryl methyl sites for hydroxylation is 1. The van der Waals surface area contributed by atoms with E-state index in [4.69, 9.17) is 0 Å². The van der Waals surface area contributed by atoms with Crippen LogP contribution in [0.4, 0.5) is 3.89 Å². The van der Waals surface area contributed by atoms with Crippen LogP contribution < -0.4 is 0 Å². The van der Waals surface area contributed by atoms with Gasteiger partial charge in [0, 0.05) is 6.20 Å². The van der Waals surface area contributed by atoms with Crippen molar-refractivity contribution in [1.29, 1.82) is 0 Å². The molecule has 0 bridgehead atoms. The number of hydrogen-bond donors (Lipinski definition) is 0. The summed E-state index contributed by atoms with van der Waals surface area (Å²) in [4.78, 5) is 10.8. The van der Waals surface area contributed by atoms with Crippen LogP contribution in [0.25, 0.3) is 0 Å². The second-order valence-electron chi connectivity index (χ2n) is 2.79. The van der Waals surface area contributed by atoms with Gasteiger partial charge in [0.2, 0.25) is 0 Å². The van der Waals surface area contributed by atoms with Gasteiger partial charge in [0.05, 0.1) is 24.1 Å². The number of nitrogens with zero attached hydrogens (tertiary/aromatic N) is 2. The second-order valence-corrected chi connectivity index (χ2v) is 4.28. The van der Waals surface area contributed by atoms with Gasteiger partial charge < -0.3 is 0 Å². The molecule has 1 heterocycles. The summed E-state index contributed by atoms with van der Waals surface area (Å²) in [7, 11) is -4.48. The van der Waals surface area contributed by atoms with Gasteiger partial charge in [-0.3, -0.25) is 9.48 Å². The molecule has 1 rings (SSSR count). The third-order valence-electron chi connectivity index (χ3n) is 1.60. The van der Waals surface area contributed by atoms with Crippen molar-refractivity contribution in [3.8, 4) is 0 Å². The summed E-state index contributed by atoms with van der Waals surface area (Å²) in [5.41, 5.74) is 0.376. The smallest absolute Gasteiger partial charge is 0.294 e. The van der Waals surface area contributed by atoms with Crippen molar-refractivity contribution in [1.82, 2.24) is 9.78 Å². The Hall–Kier alpha value is -1.24. The maximum absolute atomic E-state index is 12.1. The number of halogens is 1. The van der Waals surface area contributed by atoms with Gasteiger partial charge in [0.15, 0.2) is 5.78 Å². The van der Waals surface area contributed by atoms with Crippen LogP contribution >= 0.6 is 0 Å². The number of rotatable bonds is 4. The first kappa shape index (κ1) is 10.8. The Kier molecular flexibility index (Phi) is 3.00. The van der Waals surface area contributed by atoms with E-state index in [-0.39, 0.29) is 12.3 Å². The predicted molar refractivity (Wildman–Crippen MR) is 47.1 cm³/mol. The molecule has 0 saturated heterocycles. The van der Waals surface area contributed by atoms with Crippen LogP contribution in [-0.4, -0.2) is 29.7 Å². The van der Waals surface area contributed by atoms with E-state index >= 15 is 0 Å². The lowest BCUT2D eigenvalue weighted by Crippen LogP contribution is -2.08. The summed E-state index contributed by atoms with van der Waals surface area (Å²) in [6.07, 6.45) is 2.70. The molecule has 0 atom stereocenters. The number of ketones is 1. The van der Waals surface area contributed by atoms with Gasteiger partial charge in [0.1, 0.15) is 0 Å². The molecule has 1 aromatic rings. The molecule has 0 amide bonds. The summed E-state index contributed by atoms with van der Waals surface area (Å²) >= 11 is 0. The first-order valence-electron chi connectivity index (χ1n) is 3.84. The zero-order valence-electron chi connectivity index (χ0n) is 7.47. The van der Waals surface area contributed by atoms with Gasteiger partial charge in [-0.25, -0.2) is 0 Å². The van der Waals surface area contributed by atoms with Gasteiger partial charge >= 0.3 is 10.2 Å². The Morgan fingerprint density at radius 1 is 1.64 bits per heavy atom. The van der Waals surface area contributed by atoms with E-state index in [0.717, 1.165) is 0 Å². The molecule has 0 saturated carbocycles. The maximum atomic E-state index is 12.1. The van der Waals surface area contributed by atoms with Crippen LogP contribution in [0.15, 0.2) is 12.4 Å². The SMILES string of the molecule is CC(=O)c1cnn(CCS(=O)(=O)F)c1. The van der Waals surface area contributed by atoms with Gasteiger partial charge in [-0.1, -0.05) is 0 Å². The van der Waals surface area contributed by atoms with Crippen LogP contribution in [0, 0.1) is 0 Å². The summed E-state index contributed by atoms with van der Waals surface area (Å²) < 4.78 is 33.7. The van der Waals surface area contributed by atoms with E-state index in [1.807, 2.05) is 0 Å². The van der Waals surface area contributed by atoms with Crippen molar-refractivity contribution in [3.63, 3.8) is 0 Å². The minimum atomic E-state index is -4.48. The number of carbonyl (C=O) groups excluding carboxylic acids is 1. The van der Waals surface area contributed by atoms with Crippen LogP contribution in [0.5, 0.6) is 0 Å². The standard InChI is InChI=1S/C7H9FN2O3S/c1-6(11)7-4-9-10(5-7)2-3-14(8,12)13/h4-5H,2-3H2,1H3. The van der Waals surface area contributed by atoms with Crippen molar-refractivity contribution in [2.45, 2.75) is 13.5 Å². The van der Waals surface area contributed by atoms with Crippen LogP contribution in [-0.2, 0) is 16.8 Å². The lowest BCUT2D eigenvalue weighted by atomic mass is 10.3. The van der Waals surface area contributed by atoms with Gasteiger partial charge in [-0.15, -0.1) is 3.89 Å². The summed E-state index contributed by atoms with van der Waals surface area (Å²) in [6, 6.07) is 0. The quantitative estimate of drug-likeness (QED) is 0.543. The molecule has 0 fully saturated rings. The first-order valence-corrected chi connectivity index (χ1v) is 5.39. The Morgan fingerprint density at radius 2 is 2.29 bits per heavy atom. The first-order chi connectivity index (χ1) is 6.38. The highest BCUT2D eigenvalue weighted by Crippen LogP contribution is 2.00. The normalized spacial score (nSPS) is 11.6. The van der Waals surface area contributed by atoms with Crippen molar-refractivity contribution < 1.29 is 17.1 Å². The van der Waals surface area contributed by atoms with E-state index in [1.165, 1.54) is 24.0 Å². The lowest BCUT2D eigenvalue weighted by molar-refractivity contribution is 0.101. The zero-order valence-corrected chi connectivity index (χ0v) is 8.29. The Balaban J connectivity index is 2.65. The molecule has 0 N–H and O–H groups in total. The molecule has 0 unspecified atom stereocenters. The fourth-order valence-corrected chi connectivity index (χ4v) is 1.28. The molecule has 0 aliphatic heterocycles. The molecule has 0 aliphatic carbocycles. The summed E-state index contributed by atoms with van der Waals surface area (Å²) in [5.74, 6) is -0.800. The summed E-state index contributed by atoms with van der Waals surface area (Å²) in [6.45, 7) is 1.28. The number of aromatic nitrogens is 2. The minimum Gasteiger partial charge on any atom is -0.294 e. The molecular formula is C7H9FN2O3S.